The first kappa shape index (κ1) is 20.0. The molecule has 7 heteroatoms. The summed E-state index contributed by atoms with van der Waals surface area (Å²) in [6.07, 6.45) is -0.336. The van der Waals surface area contributed by atoms with Gasteiger partial charge >= 0.3 is 6.09 Å². The Labute approximate surface area is 158 Å². The molecule has 27 heavy (non-hydrogen) atoms. The average Bonchev–Trinajstić information content (AvgIpc) is 2.67. The lowest BCUT2D eigenvalue weighted by Crippen LogP contribution is -2.35. The van der Waals surface area contributed by atoms with Gasteiger partial charge in [-0.15, -0.1) is 0 Å². The van der Waals surface area contributed by atoms with E-state index in [-0.39, 0.29) is 24.3 Å². The van der Waals surface area contributed by atoms with E-state index < -0.39 is 6.09 Å². The van der Waals surface area contributed by atoms with Crippen molar-refractivity contribution in [3.05, 3.63) is 60.2 Å². The van der Waals surface area contributed by atoms with Gasteiger partial charge in [-0.25, -0.2) is 4.79 Å². The van der Waals surface area contributed by atoms with Gasteiger partial charge in [-0.05, 0) is 43.3 Å². The molecule has 7 nitrogen and oxygen atoms in total. The second-order valence-corrected chi connectivity index (χ2v) is 6.07. The maximum absolute atomic E-state index is 12.2. The molecule has 0 spiro atoms. The summed E-state index contributed by atoms with van der Waals surface area (Å²) < 4.78 is 4.65. The third kappa shape index (κ3) is 5.85. The van der Waals surface area contributed by atoms with E-state index in [1.54, 1.807) is 62.5 Å². The molecule has 3 amide bonds. The van der Waals surface area contributed by atoms with Crippen LogP contribution in [0.4, 0.5) is 16.2 Å². The molecule has 0 fully saturated rings. The van der Waals surface area contributed by atoms with Gasteiger partial charge in [0, 0.05) is 36.4 Å². The lowest BCUT2D eigenvalue weighted by Gasteiger charge is -2.16. The minimum atomic E-state index is -0.477. The number of ether oxygens (including phenoxy) is 1. The summed E-state index contributed by atoms with van der Waals surface area (Å²) in [5.74, 6) is -0.434. The molecule has 0 aliphatic carbocycles. The first-order chi connectivity index (χ1) is 12.9. The van der Waals surface area contributed by atoms with Crippen LogP contribution in [0.25, 0.3) is 0 Å². The zero-order valence-corrected chi connectivity index (χ0v) is 15.6. The molecule has 0 radical (unpaired) electrons. The second kappa shape index (κ2) is 9.38. The van der Waals surface area contributed by atoms with E-state index >= 15 is 0 Å². The third-order valence-corrected chi connectivity index (χ3v) is 3.89. The monoisotopic (exact) mass is 369 g/mol. The van der Waals surface area contributed by atoms with E-state index in [1.807, 2.05) is 6.07 Å². The highest BCUT2D eigenvalue weighted by Crippen LogP contribution is 2.17. The smallest absolute Gasteiger partial charge is 0.413 e. The van der Waals surface area contributed by atoms with Gasteiger partial charge < -0.3 is 15.4 Å². The molecule has 142 valence electrons. The standard InChI is InChI=1S/C20H23N3O4/c1-14(21-19(25)15-7-5-4-6-8-15)13-18(24)22-16-9-11-17(12-10-16)23(2)20(26)27-3/h4-12,14H,13H2,1-3H3,(H,21,25)(H,22,24). The zero-order valence-electron chi connectivity index (χ0n) is 15.6. The molecule has 0 aliphatic rings. The van der Waals surface area contributed by atoms with Gasteiger partial charge in [0.25, 0.3) is 5.91 Å². The molecule has 0 bridgehead atoms. The van der Waals surface area contributed by atoms with Gasteiger partial charge in [0.15, 0.2) is 0 Å². The van der Waals surface area contributed by atoms with E-state index in [1.165, 1.54) is 12.0 Å². The number of nitrogens with one attached hydrogen (secondary N) is 2. The lowest BCUT2D eigenvalue weighted by molar-refractivity contribution is -0.116. The van der Waals surface area contributed by atoms with E-state index in [4.69, 9.17) is 0 Å². The topological polar surface area (TPSA) is 87.7 Å². The van der Waals surface area contributed by atoms with Crippen LogP contribution in [0.5, 0.6) is 0 Å². The van der Waals surface area contributed by atoms with Crippen LogP contribution in [0.15, 0.2) is 54.6 Å². The number of carbonyl (C=O) groups excluding carboxylic acids is 3. The van der Waals surface area contributed by atoms with Crippen molar-refractivity contribution in [2.45, 2.75) is 19.4 Å². The SMILES string of the molecule is COC(=O)N(C)c1ccc(NC(=O)CC(C)NC(=O)c2ccccc2)cc1. The molecule has 0 saturated carbocycles. The summed E-state index contributed by atoms with van der Waals surface area (Å²) in [6.45, 7) is 1.77. The summed E-state index contributed by atoms with van der Waals surface area (Å²) in [5.41, 5.74) is 1.79. The summed E-state index contributed by atoms with van der Waals surface area (Å²) in [6, 6.07) is 15.3. The number of amides is 3. The van der Waals surface area contributed by atoms with Crippen molar-refractivity contribution in [3.63, 3.8) is 0 Å². The Morgan fingerprint density at radius 1 is 1.04 bits per heavy atom. The normalized spacial score (nSPS) is 11.2. The molecule has 2 aromatic carbocycles. The molecule has 0 heterocycles. The molecule has 0 aliphatic heterocycles. The van der Waals surface area contributed by atoms with Crippen molar-refractivity contribution in [1.82, 2.24) is 5.32 Å². The molecule has 0 saturated heterocycles. The Hall–Kier alpha value is -3.35. The first-order valence-electron chi connectivity index (χ1n) is 8.48. The molecule has 1 atom stereocenters. The fourth-order valence-electron chi connectivity index (χ4n) is 2.45. The number of methoxy groups -OCH3 is 1. The number of nitrogens with zero attached hydrogens (tertiary/aromatic N) is 1. The van der Waals surface area contributed by atoms with Crippen molar-refractivity contribution in [3.8, 4) is 0 Å². The van der Waals surface area contributed by atoms with Crippen molar-refractivity contribution < 1.29 is 19.1 Å². The van der Waals surface area contributed by atoms with Crippen LogP contribution in [0, 0.1) is 0 Å². The van der Waals surface area contributed by atoms with Gasteiger partial charge in [-0.2, -0.15) is 0 Å². The number of hydrogen-bond donors (Lipinski definition) is 2. The maximum atomic E-state index is 12.2. The summed E-state index contributed by atoms with van der Waals surface area (Å²) in [4.78, 5) is 37.1. The van der Waals surface area contributed by atoms with Gasteiger partial charge in [-0.3, -0.25) is 14.5 Å². The highest BCUT2D eigenvalue weighted by molar-refractivity contribution is 5.95. The highest BCUT2D eigenvalue weighted by Gasteiger charge is 2.14. The van der Waals surface area contributed by atoms with E-state index in [2.05, 4.69) is 15.4 Å². The fraction of sp³-hybridized carbons (Fsp3) is 0.250. The van der Waals surface area contributed by atoms with Crippen molar-refractivity contribution in [2.24, 2.45) is 0 Å². The first-order valence-corrected chi connectivity index (χ1v) is 8.48. The van der Waals surface area contributed by atoms with Gasteiger partial charge in [0.2, 0.25) is 5.91 Å². The molecule has 2 aromatic rings. The Morgan fingerprint density at radius 3 is 2.26 bits per heavy atom. The summed E-state index contributed by atoms with van der Waals surface area (Å²) in [5, 5.41) is 5.57. The Kier molecular flexibility index (Phi) is 6.93. The van der Waals surface area contributed by atoms with Crippen LogP contribution in [0.1, 0.15) is 23.7 Å². The van der Waals surface area contributed by atoms with Crippen molar-refractivity contribution in [2.75, 3.05) is 24.4 Å². The third-order valence-electron chi connectivity index (χ3n) is 3.89. The van der Waals surface area contributed by atoms with Crippen LogP contribution in [-0.4, -0.2) is 38.1 Å². The number of hydrogen-bond acceptors (Lipinski definition) is 4. The molecule has 0 aromatic heterocycles. The minimum Gasteiger partial charge on any atom is -0.452 e. The Bertz CT molecular complexity index is 791. The minimum absolute atomic E-state index is 0.141. The lowest BCUT2D eigenvalue weighted by atomic mass is 10.1. The Balaban J connectivity index is 1.86. The van der Waals surface area contributed by atoms with E-state index in [0.717, 1.165) is 0 Å². The largest absolute Gasteiger partial charge is 0.452 e. The maximum Gasteiger partial charge on any atom is 0.413 e. The van der Waals surface area contributed by atoms with Gasteiger partial charge in [-0.1, -0.05) is 18.2 Å². The van der Waals surface area contributed by atoms with Crippen LogP contribution in [0.2, 0.25) is 0 Å². The number of rotatable bonds is 6. The molecular weight excluding hydrogens is 346 g/mol. The Morgan fingerprint density at radius 2 is 1.67 bits per heavy atom. The van der Waals surface area contributed by atoms with Gasteiger partial charge in [0.05, 0.1) is 7.11 Å². The molecular formula is C20H23N3O4. The predicted octanol–water partition coefficient (Wildman–Crippen LogP) is 3.04. The quantitative estimate of drug-likeness (QED) is 0.819. The number of benzene rings is 2. The molecule has 2 rings (SSSR count). The molecule has 1 unspecified atom stereocenters. The highest BCUT2D eigenvalue weighted by atomic mass is 16.5. The second-order valence-electron chi connectivity index (χ2n) is 6.07. The predicted molar refractivity (Wildman–Crippen MR) is 104 cm³/mol. The van der Waals surface area contributed by atoms with Crippen LogP contribution in [0.3, 0.4) is 0 Å². The van der Waals surface area contributed by atoms with E-state index in [0.29, 0.717) is 16.9 Å². The fourth-order valence-corrected chi connectivity index (χ4v) is 2.45. The van der Waals surface area contributed by atoms with Crippen molar-refractivity contribution in [1.29, 1.82) is 0 Å². The average molecular weight is 369 g/mol. The number of carbonyl (C=O) groups is 3. The summed E-state index contributed by atoms with van der Waals surface area (Å²) >= 11 is 0. The van der Waals surface area contributed by atoms with Crippen LogP contribution >= 0.6 is 0 Å². The van der Waals surface area contributed by atoms with Crippen molar-refractivity contribution >= 4 is 29.3 Å². The van der Waals surface area contributed by atoms with Gasteiger partial charge in [0.1, 0.15) is 0 Å². The van der Waals surface area contributed by atoms with Crippen LogP contribution < -0.4 is 15.5 Å². The van der Waals surface area contributed by atoms with E-state index in [9.17, 15) is 14.4 Å². The molecule has 2 N–H and O–H groups in total. The van der Waals surface area contributed by atoms with Crippen LogP contribution in [-0.2, 0) is 9.53 Å². The summed E-state index contributed by atoms with van der Waals surface area (Å²) in [7, 11) is 2.90. The zero-order chi connectivity index (χ0) is 19.8. The number of anilines is 2.